The lowest BCUT2D eigenvalue weighted by Gasteiger charge is -2.17. The molecule has 1 aromatic carbocycles. The molecule has 0 spiro atoms. The van der Waals surface area contributed by atoms with Gasteiger partial charge in [-0.1, -0.05) is 12.1 Å². The largest absolute Gasteiger partial charge is 0.496 e. The summed E-state index contributed by atoms with van der Waals surface area (Å²) in [6.07, 6.45) is 2.88. The number of aryl methyl sites for hydroxylation is 2. The lowest BCUT2D eigenvalue weighted by molar-refractivity contribution is 0.140. The number of hydrogen-bond acceptors (Lipinski definition) is 5. The molecule has 1 fully saturated rings. The maximum atomic E-state index is 6.20. The fraction of sp³-hybridized carbons (Fsp3) is 0.500. The Kier molecular flexibility index (Phi) is 8.12. The number of rotatable bonds is 8. The van der Waals surface area contributed by atoms with Crippen molar-refractivity contribution in [3.8, 4) is 11.5 Å². The zero-order valence-corrected chi connectivity index (χ0v) is 19.2. The monoisotopic (exact) mass is 426 g/mol. The van der Waals surface area contributed by atoms with Gasteiger partial charge in [0, 0.05) is 35.9 Å². The summed E-state index contributed by atoms with van der Waals surface area (Å²) in [6.45, 7) is 11.4. The van der Waals surface area contributed by atoms with E-state index in [0.29, 0.717) is 19.7 Å². The van der Waals surface area contributed by atoms with Crippen LogP contribution < -0.4 is 20.1 Å². The van der Waals surface area contributed by atoms with E-state index in [-0.39, 0.29) is 6.10 Å². The van der Waals surface area contributed by atoms with E-state index in [4.69, 9.17) is 19.2 Å². The average molecular weight is 427 g/mol. The van der Waals surface area contributed by atoms with Crippen LogP contribution in [0.25, 0.3) is 0 Å². The van der Waals surface area contributed by atoms with Gasteiger partial charge in [0.2, 0.25) is 0 Å². The number of aromatic nitrogens is 1. The van der Waals surface area contributed by atoms with Crippen LogP contribution in [-0.4, -0.2) is 43.9 Å². The summed E-state index contributed by atoms with van der Waals surface area (Å²) in [7, 11) is 1.69. The number of ether oxygens (including phenoxy) is 3. The van der Waals surface area contributed by atoms with Crippen molar-refractivity contribution in [1.29, 1.82) is 0 Å². The predicted octanol–water partition coefficient (Wildman–Crippen LogP) is 3.44. The number of nitrogens with zero attached hydrogens (tertiary/aromatic N) is 2. The molecule has 2 N–H and O–H groups in total. The Morgan fingerprint density at radius 2 is 2.10 bits per heavy atom. The highest BCUT2D eigenvalue weighted by molar-refractivity contribution is 5.79. The van der Waals surface area contributed by atoms with Gasteiger partial charge in [-0.05, 0) is 39.3 Å². The quantitative estimate of drug-likeness (QED) is 0.497. The van der Waals surface area contributed by atoms with Gasteiger partial charge in [0.1, 0.15) is 17.6 Å². The molecule has 2 heterocycles. The second kappa shape index (κ2) is 11.0. The van der Waals surface area contributed by atoms with Gasteiger partial charge < -0.3 is 24.8 Å². The molecule has 1 saturated heterocycles. The maximum absolute atomic E-state index is 6.20. The molecule has 0 saturated carbocycles. The van der Waals surface area contributed by atoms with Gasteiger partial charge in [0.15, 0.2) is 5.96 Å². The lowest BCUT2D eigenvalue weighted by atomic mass is 10.1. The Bertz CT molecular complexity index is 908. The summed E-state index contributed by atoms with van der Waals surface area (Å²) < 4.78 is 17.2. The molecule has 2 aromatic rings. The lowest BCUT2D eigenvalue weighted by Crippen LogP contribution is -2.37. The van der Waals surface area contributed by atoms with Crippen LogP contribution in [0.2, 0.25) is 0 Å². The number of methoxy groups -OCH3 is 1. The van der Waals surface area contributed by atoms with Gasteiger partial charge in [0.05, 0.1) is 39.1 Å². The third-order valence-corrected chi connectivity index (χ3v) is 5.33. The van der Waals surface area contributed by atoms with Gasteiger partial charge in [-0.25, -0.2) is 4.99 Å². The fourth-order valence-electron chi connectivity index (χ4n) is 3.61. The van der Waals surface area contributed by atoms with Crippen molar-refractivity contribution in [3.05, 3.63) is 52.3 Å². The smallest absolute Gasteiger partial charge is 0.191 e. The first-order valence-electron chi connectivity index (χ1n) is 10.9. The first-order chi connectivity index (χ1) is 15.0. The van der Waals surface area contributed by atoms with Crippen LogP contribution in [0.15, 0.2) is 29.4 Å². The third-order valence-electron chi connectivity index (χ3n) is 5.33. The van der Waals surface area contributed by atoms with E-state index >= 15 is 0 Å². The first kappa shape index (κ1) is 22.9. The molecule has 7 nitrogen and oxygen atoms in total. The number of aliphatic imine (C=N–C) groups is 1. The second-order valence-electron chi connectivity index (χ2n) is 7.81. The van der Waals surface area contributed by atoms with Crippen LogP contribution in [0, 0.1) is 20.8 Å². The molecular formula is C24H34N4O3. The molecule has 0 aliphatic carbocycles. The minimum Gasteiger partial charge on any atom is -0.496 e. The Balaban J connectivity index is 1.71. The first-order valence-corrected chi connectivity index (χ1v) is 10.9. The van der Waals surface area contributed by atoms with E-state index in [1.54, 1.807) is 7.11 Å². The van der Waals surface area contributed by atoms with Crippen molar-refractivity contribution in [2.75, 3.05) is 26.9 Å². The normalized spacial score (nSPS) is 16.3. The van der Waals surface area contributed by atoms with Crippen LogP contribution >= 0.6 is 0 Å². The topological polar surface area (TPSA) is 77.0 Å². The molecule has 1 unspecified atom stereocenters. The summed E-state index contributed by atoms with van der Waals surface area (Å²) in [5.41, 5.74) is 5.24. The zero-order chi connectivity index (χ0) is 22.2. The van der Waals surface area contributed by atoms with Crippen LogP contribution in [0.5, 0.6) is 11.5 Å². The minimum atomic E-state index is 0.112. The third kappa shape index (κ3) is 6.10. The van der Waals surface area contributed by atoms with Crippen molar-refractivity contribution >= 4 is 5.96 Å². The van der Waals surface area contributed by atoms with E-state index in [2.05, 4.69) is 47.7 Å². The predicted molar refractivity (Wildman–Crippen MR) is 123 cm³/mol. The van der Waals surface area contributed by atoms with E-state index in [0.717, 1.165) is 59.4 Å². The molecule has 0 amide bonds. The highest BCUT2D eigenvalue weighted by Gasteiger charge is 2.18. The standard InChI is InChI=1S/C24H34N4O3/c1-6-25-24(28-14-21-18(4)23(29-5)17(3)12-26-21)27-13-19-8-7-16(2)11-22(19)31-20-9-10-30-15-20/h7-8,11-12,20H,6,9-10,13-15H2,1-5H3,(H2,25,27,28). The summed E-state index contributed by atoms with van der Waals surface area (Å²) in [6, 6.07) is 6.26. The van der Waals surface area contributed by atoms with Crippen molar-refractivity contribution in [2.45, 2.75) is 53.3 Å². The molecule has 168 valence electrons. The molecule has 1 aliphatic heterocycles. The highest BCUT2D eigenvalue weighted by atomic mass is 16.5. The number of benzene rings is 1. The molecule has 1 aliphatic rings. The van der Waals surface area contributed by atoms with Crippen molar-refractivity contribution < 1.29 is 14.2 Å². The van der Waals surface area contributed by atoms with Crippen molar-refractivity contribution in [3.63, 3.8) is 0 Å². The van der Waals surface area contributed by atoms with Crippen LogP contribution in [-0.2, 0) is 17.8 Å². The van der Waals surface area contributed by atoms with Crippen molar-refractivity contribution in [2.24, 2.45) is 4.99 Å². The van der Waals surface area contributed by atoms with E-state index in [9.17, 15) is 0 Å². The Labute approximate surface area is 185 Å². The summed E-state index contributed by atoms with van der Waals surface area (Å²) >= 11 is 0. The van der Waals surface area contributed by atoms with Crippen LogP contribution in [0.4, 0.5) is 0 Å². The number of guanidine groups is 1. The minimum absolute atomic E-state index is 0.112. The molecule has 0 radical (unpaired) electrons. The molecular weight excluding hydrogens is 392 g/mol. The van der Waals surface area contributed by atoms with E-state index < -0.39 is 0 Å². The molecule has 1 aromatic heterocycles. The summed E-state index contributed by atoms with van der Waals surface area (Å²) in [4.78, 5) is 9.34. The molecule has 0 bridgehead atoms. The number of pyridine rings is 1. The fourth-order valence-corrected chi connectivity index (χ4v) is 3.61. The average Bonchev–Trinajstić information content (AvgIpc) is 3.26. The number of hydrogen-bond donors (Lipinski definition) is 2. The van der Waals surface area contributed by atoms with Gasteiger partial charge >= 0.3 is 0 Å². The van der Waals surface area contributed by atoms with Gasteiger partial charge in [-0.3, -0.25) is 4.98 Å². The summed E-state index contributed by atoms with van der Waals surface area (Å²) in [5.74, 6) is 2.50. The zero-order valence-electron chi connectivity index (χ0n) is 19.2. The Morgan fingerprint density at radius 3 is 2.81 bits per heavy atom. The SMILES string of the molecule is CCNC(=NCc1ccc(C)cc1OC1CCOC1)NCc1ncc(C)c(OC)c1C. The van der Waals surface area contributed by atoms with Crippen LogP contribution in [0.3, 0.4) is 0 Å². The second-order valence-corrected chi connectivity index (χ2v) is 7.81. The highest BCUT2D eigenvalue weighted by Crippen LogP contribution is 2.25. The molecule has 3 rings (SSSR count). The van der Waals surface area contributed by atoms with Gasteiger partial charge in [-0.2, -0.15) is 0 Å². The van der Waals surface area contributed by atoms with E-state index in [1.807, 2.05) is 20.0 Å². The Morgan fingerprint density at radius 1 is 1.26 bits per heavy atom. The molecule has 7 heteroatoms. The molecule has 1 atom stereocenters. The molecule has 31 heavy (non-hydrogen) atoms. The van der Waals surface area contributed by atoms with Gasteiger partial charge in [-0.15, -0.1) is 0 Å². The van der Waals surface area contributed by atoms with Crippen LogP contribution in [0.1, 0.15) is 41.3 Å². The van der Waals surface area contributed by atoms with Crippen molar-refractivity contribution in [1.82, 2.24) is 15.6 Å². The number of nitrogens with one attached hydrogen (secondary N) is 2. The Hall–Kier alpha value is -2.80. The van der Waals surface area contributed by atoms with E-state index in [1.165, 1.54) is 5.56 Å². The maximum Gasteiger partial charge on any atom is 0.191 e. The summed E-state index contributed by atoms with van der Waals surface area (Å²) in [5, 5.41) is 6.69. The van der Waals surface area contributed by atoms with Gasteiger partial charge in [0.25, 0.3) is 0 Å².